The summed E-state index contributed by atoms with van der Waals surface area (Å²) in [5.74, 6) is 0. The first-order chi connectivity index (χ1) is 8.18. The van der Waals surface area contributed by atoms with Gasteiger partial charge in [0.15, 0.2) is 0 Å². The summed E-state index contributed by atoms with van der Waals surface area (Å²) in [6, 6.07) is 6.51. The van der Waals surface area contributed by atoms with E-state index in [4.69, 9.17) is 5.73 Å². The van der Waals surface area contributed by atoms with Crippen LogP contribution in [0.4, 0.5) is 0 Å². The second kappa shape index (κ2) is 5.83. The molecule has 0 saturated heterocycles. The Kier molecular flexibility index (Phi) is 4.41. The monoisotopic (exact) mass is 293 g/mol. The Labute approximate surface area is 112 Å². The van der Waals surface area contributed by atoms with Gasteiger partial charge in [-0.3, -0.25) is 0 Å². The maximum atomic E-state index is 6.37. The fourth-order valence-corrected chi connectivity index (χ4v) is 2.64. The molecular weight excluding hydrogens is 274 g/mol. The SMILES string of the molecule is Cc1cc(C(N)C2=CCCCCC2)ccc1Br. The van der Waals surface area contributed by atoms with Crippen molar-refractivity contribution >= 4 is 15.9 Å². The first kappa shape index (κ1) is 12.8. The largest absolute Gasteiger partial charge is 0.321 e. The molecule has 0 heterocycles. The zero-order chi connectivity index (χ0) is 12.3. The minimum atomic E-state index is 0.0832. The molecule has 1 unspecified atom stereocenters. The lowest BCUT2D eigenvalue weighted by molar-refractivity contribution is 0.688. The highest BCUT2D eigenvalue weighted by atomic mass is 79.9. The Morgan fingerprint density at radius 1 is 1.24 bits per heavy atom. The van der Waals surface area contributed by atoms with Gasteiger partial charge in [0.25, 0.3) is 0 Å². The van der Waals surface area contributed by atoms with Gasteiger partial charge in [0.2, 0.25) is 0 Å². The number of hydrogen-bond donors (Lipinski definition) is 1. The molecule has 0 fully saturated rings. The lowest BCUT2D eigenvalue weighted by Gasteiger charge is -2.16. The van der Waals surface area contributed by atoms with Crippen LogP contribution in [0, 0.1) is 6.92 Å². The maximum Gasteiger partial charge on any atom is 0.0511 e. The van der Waals surface area contributed by atoms with Crippen LogP contribution in [-0.4, -0.2) is 0 Å². The van der Waals surface area contributed by atoms with E-state index in [0.29, 0.717) is 0 Å². The number of allylic oxidation sites excluding steroid dienone is 1. The molecule has 1 nitrogen and oxygen atoms in total. The van der Waals surface area contributed by atoms with Crippen LogP contribution < -0.4 is 5.73 Å². The molecule has 2 N–H and O–H groups in total. The van der Waals surface area contributed by atoms with Gasteiger partial charge in [-0.2, -0.15) is 0 Å². The van der Waals surface area contributed by atoms with Gasteiger partial charge in [0, 0.05) is 4.47 Å². The van der Waals surface area contributed by atoms with E-state index >= 15 is 0 Å². The number of rotatable bonds is 2. The van der Waals surface area contributed by atoms with Crippen LogP contribution in [-0.2, 0) is 0 Å². The van der Waals surface area contributed by atoms with Crippen LogP contribution in [0.3, 0.4) is 0 Å². The predicted octanol–water partition coefficient (Wildman–Crippen LogP) is 4.65. The molecule has 0 saturated carbocycles. The summed E-state index contributed by atoms with van der Waals surface area (Å²) in [5.41, 5.74) is 10.3. The van der Waals surface area contributed by atoms with Crippen molar-refractivity contribution in [1.29, 1.82) is 0 Å². The smallest absolute Gasteiger partial charge is 0.0511 e. The van der Waals surface area contributed by atoms with Crippen molar-refractivity contribution in [3.05, 3.63) is 45.4 Å². The molecule has 1 aliphatic carbocycles. The van der Waals surface area contributed by atoms with E-state index in [2.05, 4.69) is 47.1 Å². The molecule has 0 radical (unpaired) electrons. The topological polar surface area (TPSA) is 26.0 Å². The third-order valence-corrected chi connectivity index (χ3v) is 4.41. The van der Waals surface area contributed by atoms with Crippen LogP contribution in [0.15, 0.2) is 34.3 Å². The summed E-state index contributed by atoms with van der Waals surface area (Å²) in [5, 5.41) is 0. The summed E-state index contributed by atoms with van der Waals surface area (Å²) >= 11 is 3.53. The second-order valence-corrected chi connectivity index (χ2v) is 5.72. The number of hydrogen-bond acceptors (Lipinski definition) is 1. The average molecular weight is 294 g/mol. The van der Waals surface area contributed by atoms with E-state index in [1.165, 1.54) is 42.4 Å². The molecule has 2 rings (SSSR count). The van der Waals surface area contributed by atoms with Crippen molar-refractivity contribution in [2.45, 2.75) is 45.1 Å². The molecule has 1 aliphatic rings. The summed E-state index contributed by atoms with van der Waals surface area (Å²) in [4.78, 5) is 0. The minimum Gasteiger partial charge on any atom is -0.321 e. The van der Waals surface area contributed by atoms with E-state index in [-0.39, 0.29) is 6.04 Å². The summed E-state index contributed by atoms with van der Waals surface area (Å²) < 4.78 is 1.16. The molecule has 0 bridgehead atoms. The Hall–Kier alpha value is -0.600. The summed E-state index contributed by atoms with van der Waals surface area (Å²) in [6.07, 6.45) is 8.65. The van der Waals surface area contributed by atoms with Gasteiger partial charge in [0.1, 0.15) is 0 Å². The first-order valence-corrected chi connectivity index (χ1v) is 7.18. The van der Waals surface area contributed by atoms with Crippen LogP contribution >= 0.6 is 15.9 Å². The molecule has 0 amide bonds. The van der Waals surface area contributed by atoms with Gasteiger partial charge in [-0.05, 0) is 49.8 Å². The van der Waals surface area contributed by atoms with Gasteiger partial charge in [0.05, 0.1) is 6.04 Å². The fraction of sp³-hybridized carbons (Fsp3) is 0.467. The molecule has 0 aromatic heterocycles. The van der Waals surface area contributed by atoms with Crippen molar-refractivity contribution in [3.63, 3.8) is 0 Å². The summed E-state index contributed by atoms with van der Waals surface area (Å²) in [7, 11) is 0. The Balaban J connectivity index is 2.20. The molecule has 1 atom stereocenters. The van der Waals surface area contributed by atoms with Crippen LogP contribution in [0.5, 0.6) is 0 Å². The summed E-state index contributed by atoms with van der Waals surface area (Å²) in [6.45, 7) is 2.11. The van der Waals surface area contributed by atoms with Crippen molar-refractivity contribution in [2.24, 2.45) is 5.73 Å². The Bertz CT molecular complexity index is 423. The minimum absolute atomic E-state index is 0.0832. The Morgan fingerprint density at radius 3 is 2.82 bits per heavy atom. The first-order valence-electron chi connectivity index (χ1n) is 6.39. The van der Waals surface area contributed by atoms with Crippen molar-refractivity contribution in [3.8, 4) is 0 Å². The molecular formula is C15H20BrN. The fourth-order valence-electron chi connectivity index (χ4n) is 2.40. The third-order valence-electron chi connectivity index (χ3n) is 3.52. The lowest BCUT2D eigenvalue weighted by atomic mass is 9.95. The molecule has 0 aliphatic heterocycles. The van der Waals surface area contributed by atoms with Gasteiger partial charge in [-0.1, -0.05) is 46.1 Å². The van der Waals surface area contributed by atoms with E-state index < -0.39 is 0 Å². The van der Waals surface area contributed by atoms with Crippen LogP contribution in [0.1, 0.15) is 49.3 Å². The zero-order valence-electron chi connectivity index (χ0n) is 10.4. The molecule has 2 heteroatoms. The van der Waals surface area contributed by atoms with Gasteiger partial charge >= 0.3 is 0 Å². The van der Waals surface area contributed by atoms with Crippen molar-refractivity contribution in [2.75, 3.05) is 0 Å². The Morgan fingerprint density at radius 2 is 2.06 bits per heavy atom. The average Bonchev–Trinajstić information content (AvgIpc) is 2.60. The van der Waals surface area contributed by atoms with Crippen molar-refractivity contribution < 1.29 is 0 Å². The molecule has 92 valence electrons. The van der Waals surface area contributed by atoms with Crippen LogP contribution in [0.25, 0.3) is 0 Å². The van der Waals surface area contributed by atoms with Gasteiger partial charge < -0.3 is 5.73 Å². The quantitative estimate of drug-likeness (QED) is 0.790. The highest BCUT2D eigenvalue weighted by molar-refractivity contribution is 9.10. The van der Waals surface area contributed by atoms with Crippen LogP contribution in [0.2, 0.25) is 0 Å². The van der Waals surface area contributed by atoms with E-state index in [1.807, 2.05) is 0 Å². The highest BCUT2D eigenvalue weighted by Gasteiger charge is 2.13. The molecule has 17 heavy (non-hydrogen) atoms. The standard InChI is InChI=1S/C15H20BrN/c1-11-10-13(8-9-14(11)16)15(17)12-6-4-2-3-5-7-12/h6,8-10,15H,2-5,7,17H2,1H3. The number of halogens is 1. The maximum absolute atomic E-state index is 6.37. The van der Waals surface area contributed by atoms with E-state index in [9.17, 15) is 0 Å². The molecule has 0 spiro atoms. The van der Waals surface area contributed by atoms with Gasteiger partial charge in [-0.15, -0.1) is 0 Å². The number of aryl methyl sites for hydroxylation is 1. The highest BCUT2D eigenvalue weighted by Crippen LogP contribution is 2.29. The number of nitrogens with two attached hydrogens (primary N) is 1. The second-order valence-electron chi connectivity index (χ2n) is 4.86. The zero-order valence-corrected chi connectivity index (χ0v) is 12.0. The van der Waals surface area contributed by atoms with Crippen molar-refractivity contribution in [1.82, 2.24) is 0 Å². The third kappa shape index (κ3) is 3.20. The van der Waals surface area contributed by atoms with Gasteiger partial charge in [-0.25, -0.2) is 0 Å². The lowest BCUT2D eigenvalue weighted by Crippen LogP contribution is -2.13. The van der Waals surface area contributed by atoms with E-state index in [1.54, 1.807) is 0 Å². The number of benzene rings is 1. The molecule has 1 aromatic rings. The van der Waals surface area contributed by atoms with E-state index in [0.717, 1.165) is 10.9 Å². The predicted molar refractivity (Wildman–Crippen MR) is 77.0 cm³/mol. The normalized spacial score (nSPS) is 18.4. The molecule has 1 aromatic carbocycles.